The molecule has 1 fully saturated rings. The van der Waals surface area contributed by atoms with E-state index in [9.17, 15) is 4.79 Å². The summed E-state index contributed by atoms with van der Waals surface area (Å²) in [6, 6.07) is 2.06. The summed E-state index contributed by atoms with van der Waals surface area (Å²) in [5.74, 6) is 1.13. The molecule has 2 aromatic rings. The predicted molar refractivity (Wildman–Crippen MR) is 62.5 cm³/mol. The molecule has 82 valence electrons. The van der Waals surface area contributed by atoms with Crippen LogP contribution in [0.3, 0.4) is 0 Å². The van der Waals surface area contributed by atoms with E-state index >= 15 is 0 Å². The molecular formula is C12H13N3O. The number of hydrogen-bond acceptors (Lipinski definition) is 3. The van der Waals surface area contributed by atoms with Gasteiger partial charge >= 0.3 is 0 Å². The van der Waals surface area contributed by atoms with Gasteiger partial charge in [-0.2, -0.15) is 0 Å². The van der Waals surface area contributed by atoms with Gasteiger partial charge in [-0.05, 0) is 30.4 Å². The molecule has 1 aliphatic carbocycles. The molecule has 0 aliphatic heterocycles. The van der Waals surface area contributed by atoms with Crippen LogP contribution in [0.2, 0.25) is 0 Å². The van der Waals surface area contributed by atoms with Crippen molar-refractivity contribution in [1.29, 1.82) is 0 Å². The van der Waals surface area contributed by atoms with Gasteiger partial charge in [0.15, 0.2) is 6.29 Å². The highest BCUT2D eigenvalue weighted by molar-refractivity contribution is 6.02. The first-order chi connectivity index (χ1) is 7.72. The van der Waals surface area contributed by atoms with E-state index in [1.54, 1.807) is 4.57 Å². The van der Waals surface area contributed by atoms with Gasteiger partial charge < -0.3 is 10.3 Å². The third-order valence-electron chi connectivity index (χ3n) is 3.30. The number of aromatic nitrogens is 2. The second-order valence-corrected chi connectivity index (χ2v) is 4.39. The molecule has 0 saturated heterocycles. The third kappa shape index (κ3) is 1.16. The smallest absolute Gasteiger partial charge is 0.154 e. The molecule has 0 spiro atoms. The van der Waals surface area contributed by atoms with Crippen molar-refractivity contribution in [3.63, 3.8) is 0 Å². The second-order valence-electron chi connectivity index (χ2n) is 4.39. The molecular weight excluding hydrogens is 202 g/mol. The maximum Gasteiger partial charge on any atom is 0.154 e. The Hall–Kier alpha value is -1.84. The molecule has 0 aromatic carbocycles. The van der Waals surface area contributed by atoms with Gasteiger partial charge in [0.2, 0.25) is 0 Å². The van der Waals surface area contributed by atoms with Crippen molar-refractivity contribution in [3.8, 4) is 0 Å². The summed E-state index contributed by atoms with van der Waals surface area (Å²) in [4.78, 5) is 15.4. The largest absolute Gasteiger partial charge is 0.384 e. The topological polar surface area (TPSA) is 60.9 Å². The van der Waals surface area contributed by atoms with Crippen LogP contribution in [0.4, 0.5) is 5.82 Å². The number of carbonyl (C=O) groups is 1. The fourth-order valence-corrected chi connectivity index (χ4v) is 2.14. The van der Waals surface area contributed by atoms with E-state index in [-0.39, 0.29) is 0 Å². The minimum atomic E-state index is 0.491. The molecule has 1 saturated carbocycles. The third-order valence-corrected chi connectivity index (χ3v) is 3.30. The number of fused-ring (bicyclic) bond motifs is 1. The van der Waals surface area contributed by atoms with Gasteiger partial charge in [-0.1, -0.05) is 0 Å². The normalized spacial score (nSPS) is 15.6. The van der Waals surface area contributed by atoms with Crippen LogP contribution in [-0.4, -0.2) is 15.8 Å². The van der Waals surface area contributed by atoms with Crippen LogP contribution >= 0.6 is 0 Å². The number of aryl methyl sites for hydroxylation is 1. The van der Waals surface area contributed by atoms with Crippen molar-refractivity contribution < 1.29 is 4.79 Å². The average Bonchev–Trinajstić information content (AvgIpc) is 3.09. The first-order valence-corrected chi connectivity index (χ1v) is 5.41. The van der Waals surface area contributed by atoms with E-state index in [1.165, 1.54) is 18.4 Å². The van der Waals surface area contributed by atoms with Crippen molar-refractivity contribution in [2.24, 2.45) is 7.05 Å². The molecule has 1 aliphatic rings. The van der Waals surface area contributed by atoms with E-state index in [0.717, 1.165) is 17.3 Å². The van der Waals surface area contributed by atoms with Gasteiger partial charge in [-0.15, -0.1) is 0 Å². The molecule has 0 bridgehead atoms. The molecule has 0 atom stereocenters. The summed E-state index contributed by atoms with van der Waals surface area (Å²) in [5, 5.41) is 0.874. The molecule has 2 N–H and O–H groups in total. The summed E-state index contributed by atoms with van der Waals surface area (Å²) < 4.78 is 1.76. The first kappa shape index (κ1) is 9.39. The van der Waals surface area contributed by atoms with Gasteiger partial charge in [-0.25, -0.2) is 4.98 Å². The van der Waals surface area contributed by atoms with Gasteiger partial charge in [0.05, 0.1) is 5.56 Å². The van der Waals surface area contributed by atoms with Gasteiger partial charge in [-0.3, -0.25) is 4.79 Å². The van der Waals surface area contributed by atoms with E-state index in [0.29, 0.717) is 17.3 Å². The maximum absolute atomic E-state index is 11.0. The Morgan fingerprint density at radius 1 is 1.56 bits per heavy atom. The van der Waals surface area contributed by atoms with Crippen LogP contribution in [-0.2, 0) is 7.05 Å². The van der Waals surface area contributed by atoms with Crippen LogP contribution in [0.25, 0.3) is 11.0 Å². The Labute approximate surface area is 93.1 Å². The lowest BCUT2D eigenvalue weighted by atomic mass is 10.1. The van der Waals surface area contributed by atoms with E-state index in [2.05, 4.69) is 11.1 Å². The predicted octanol–water partition coefficient (Wildman–Crippen LogP) is 1.85. The van der Waals surface area contributed by atoms with Crippen molar-refractivity contribution in [3.05, 3.63) is 23.4 Å². The summed E-state index contributed by atoms with van der Waals surface area (Å²) >= 11 is 0. The van der Waals surface area contributed by atoms with Gasteiger partial charge in [0.1, 0.15) is 11.5 Å². The monoisotopic (exact) mass is 215 g/mol. The van der Waals surface area contributed by atoms with Crippen LogP contribution in [0.15, 0.2) is 12.3 Å². The van der Waals surface area contributed by atoms with Crippen LogP contribution < -0.4 is 5.73 Å². The lowest BCUT2D eigenvalue weighted by molar-refractivity contribution is 0.112. The van der Waals surface area contributed by atoms with Crippen molar-refractivity contribution >= 4 is 23.1 Å². The van der Waals surface area contributed by atoms with Crippen LogP contribution in [0.5, 0.6) is 0 Å². The average molecular weight is 215 g/mol. The molecule has 0 radical (unpaired) electrons. The van der Waals surface area contributed by atoms with Gasteiger partial charge in [0.25, 0.3) is 0 Å². The Morgan fingerprint density at radius 3 is 2.94 bits per heavy atom. The minimum absolute atomic E-state index is 0.491. The fourth-order valence-electron chi connectivity index (χ4n) is 2.14. The molecule has 16 heavy (non-hydrogen) atoms. The molecule has 2 aromatic heterocycles. The second kappa shape index (κ2) is 3.07. The molecule has 0 unspecified atom stereocenters. The van der Waals surface area contributed by atoms with Crippen molar-refractivity contribution in [1.82, 2.24) is 9.55 Å². The highest BCUT2D eigenvalue weighted by Gasteiger charge is 2.25. The van der Waals surface area contributed by atoms with E-state index < -0.39 is 0 Å². The highest BCUT2D eigenvalue weighted by Crippen LogP contribution is 2.41. The number of anilines is 1. The summed E-state index contributed by atoms with van der Waals surface area (Å²) in [5.41, 5.74) is 8.43. The lowest BCUT2D eigenvalue weighted by Crippen LogP contribution is -1.98. The number of rotatable bonds is 2. The number of aldehydes is 1. The Balaban J connectivity index is 2.32. The zero-order chi connectivity index (χ0) is 11.3. The zero-order valence-electron chi connectivity index (χ0n) is 9.10. The van der Waals surface area contributed by atoms with Crippen molar-refractivity contribution in [2.75, 3.05) is 5.73 Å². The maximum atomic E-state index is 11.0. The number of nitrogens with zero attached hydrogens (tertiary/aromatic N) is 2. The quantitative estimate of drug-likeness (QED) is 0.777. The van der Waals surface area contributed by atoms with E-state index in [1.807, 2.05) is 13.2 Å². The number of carbonyl (C=O) groups excluding carboxylic acids is 1. The first-order valence-electron chi connectivity index (χ1n) is 5.41. The Bertz CT molecular complexity index is 581. The molecule has 2 heterocycles. The zero-order valence-corrected chi connectivity index (χ0v) is 9.10. The SMILES string of the molecule is Cn1c(N)c(C=O)c2cc(C3CC3)cnc21. The molecule has 4 nitrogen and oxygen atoms in total. The number of hydrogen-bond donors (Lipinski definition) is 1. The summed E-state index contributed by atoms with van der Waals surface area (Å²) in [7, 11) is 1.83. The standard InChI is InChI=1S/C12H13N3O/c1-15-11(13)10(6-16)9-4-8(7-2-3-7)5-14-12(9)15/h4-7H,2-3,13H2,1H3. The summed E-state index contributed by atoms with van der Waals surface area (Å²) in [6.07, 6.45) is 5.17. The molecule has 4 heteroatoms. The number of pyridine rings is 1. The Kier molecular flexibility index (Phi) is 1.80. The van der Waals surface area contributed by atoms with Gasteiger partial charge in [0, 0.05) is 18.6 Å². The summed E-state index contributed by atoms with van der Waals surface area (Å²) in [6.45, 7) is 0. The number of nitrogen functional groups attached to an aromatic ring is 1. The van der Waals surface area contributed by atoms with Crippen LogP contribution in [0, 0.1) is 0 Å². The van der Waals surface area contributed by atoms with Crippen molar-refractivity contribution in [2.45, 2.75) is 18.8 Å². The molecule has 0 amide bonds. The Morgan fingerprint density at radius 2 is 2.31 bits per heavy atom. The van der Waals surface area contributed by atoms with E-state index in [4.69, 9.17) is 5.73 Å². The lowest BCUT2D eigenvalue weighted by Gasteiger charge is -1.99. The molecule has 3 rings (SSSR count). The minimum Gasteiger partial charge on any atom is -0.384 e. The highest BCUT2D eigenvalue weighted by atomic mass is 16.1. The van der Waals surface area contributed by atoms with Crippen LogP contribution in [0.1, 0.15) is 34.7 Å². The number of nitrogens with two attached hydrogens (primary N) is 1. The fraction of sp³-hybridized carbons (Fsp3) is 0.333.